The lowest BCUT2D eigenvalue weighted by Crippen LogP contribution is -2.47. The van der Waals surface area contributed by atoms with Crippen molar-refractivity contribution >= 4 is 5.84 Å². The number of aliphatic hydroxyl groups excluding tert-OH is 1. The third kappa shape index (κ3) is 3.10. The van der Waals surface area contributed by atoms with E-state index in [9.17, 15) is 5.11 Å². The molecule has 0 bridgehead atoms. The number of nitrogens with zero attached hydrogens (tertiary/aromatic N) is 2. The molecule has 0 aromatic rings. The lowest BCUT2D eigenvalue weighted by atomic mass is 9.70. The van der Waals surface area contributed by atoms with E-state index < -0.39 is 0 Å². The van der Waals surface area contributed by atoms with Crippen LogP contribution in [0.15, 0.2) is 16.3 Å². The fourth-order valence-electron chi connectivity index (χ4n) is 3.67. The molecule has 22 heavy (non-hydrogen) atoms. The molecule has 0 aromatic carbocycles. The summed E-state index contributed by atoms with van der Waals surface area (Å²) in [6.07, 6.45) is 0.479. The van der Waals surface area contributed by atoms with Crippen molar-refractivity contribution in [2.75, 3.05) is 6.54 Å². The Morgan fingerprint density at radius 3 is 1.91 bits per heavy atom. The summed E-state index contributed by atoms with van der Waals surface area (Å²) in [5.41, 5.74) is 2.85. The van der Waals surface area contributed by atoms with Gasteiger partial charge in [-0.1, -0.05) is 62.3 Å². The Morgan fingerprint density at radius 1 is 0.955 bits per heavy atom. The number of hydrogen-bond acceptors (Lipinski definition) is 3. The highest BCUT2D eigenvalue weighted by Crippen LogP contribution is 2.47. The van der Waals surface area contributed by atoms with Gasteiger partial charge in [-0.15, -0.1) is 0 Å². The Labute approximate surface area is 136 Å². The average molecular weight is 306 g/mol. The van der Waals surface area contributed by atoms with Gasteiger partial charge in [0.2, 0.25) is 0 Å². The molecule has 1 fully saturated rings. The molecule has 0 aliphatic carbocycles. The molecule has 2 rings (SSSR count). The summed E-state index contributed by atoms with van der Waals surface area (Å²) in [7, 11) is 0. The molecule has 0 amide bonds. The zero-order valence-corrected chi connectivity index (χ0v) is 15.9. The van der Waals surface area contributed by atoms with Gasteiger partial charge in [0.05, 0.1) is 18.7 Å². The number of rotatable bonds is 0. The van der Waals surface area contributed by atoms with E-state index in [0.29, 0.717) is 6.54 Å². The minimum Gasteiger partial charge on any atom is -0.391 e. The van der Waals surface area contributed by atoms with Crippen molar-refractivity contribution in [2.45, 2.75) is 80.9 Å². The molecular weight excluding hydrogens is 272 g/mol. The van der Waals surface area contributed by atoms with Crippen molar-refractivity contribution in [1.82, 2.24) is 4.90 Å². The zero-order valence-electron chi connectivity index (χ0n) is 15.9. The van der Waals surface area contributed by atoms with Crippen LogP contribution in [-0.2, 0) is 0 Å². The molecule has 3 nitrogen and oxygen atoms in total. The Hall–Kier alpha value is -0.830. The monoisotopic (exact) mass is 306 g/mol. The Bertz CT molecular complexity index is 509. The Balaban J connectivity index is 2.67. The van der Waals surface area contributed by atoms with Crippen LogP contribution in [0.3, 0.4) is 0 Å². The number of amidine groups is 1. The fourth-order valence-corrected chi connectivity index (χ4v) is 3.67. The Kier molecular flexibility index (Phi) is 4.05. The molecule has 2 unspecified atom stereocenters. The summed E-state index contributed by atoms with van der Waals surface area (Å²) in [6, 6.07) is 0.179. The SMILES string of the molecule is CC(C)(C)C1=NC(C(C)(C)C)C(C(C)(C)C)=C2CC(O)CN12. The van der Waals surface area contributed by atoms with Crippen LogP contribution < -0.4 is 0 Å². The average Bonchev–Trinajstić information content (AvgIpc) is 2.62. The molecule has 126 valence electrons. The molecule has 1 N–H and O–H groups in total. The van der Waals surface area contributed by atoms with Crippen LogP contribution in [0.1, 0.15) is 68.7 Å². The molecule has 2 aliphatic heterocycles. The standard InChI is InChI=1S/C19H34N2O/c1-17(2,3)14-13-10-12(22)11-21(13)16(19(7,8)9)20-15(14)18(4,5)6/h12,15,22H,10-11H2,1-9H3. The smallest absolute Gasteiger partial charge is 0.109 e. The summed E-state index contributed by atoms with van der Waals surface area (Å²) < 4.78 is 0. The first-order chi connectivity index (χ1) is 9.73. The molecule has 2 atom stereocenters. The maximum absolute atomic E-state index is 10.3. The number of hydrogen-bond donors (Lipinski definition) is 1. The van der Waals surface area contributed by atoms with Crippen LogP contribution >= 0.6 is 0 Å². The lowest BCUT2D eigenvalue weighted by Gasteiger charge is -2.45. The van der Waals surface area contributed by atoms with Gasteiger partial charge in [-0.05, 0) is 16.4 Å². The summed E-state index contributed by atoms with van der Waals surface area (Å²) in [5.74, 6) is 1.13. The van der Waals surface area contributed by atoms with Crippen LogP contribution in [0.4, 0.5) is 0 Å². The van der Waals surface area contributed by atoms with Crippen molar-refractivity contribution in [1.29, 1.82) is 0 Å². The van der Waals surface area contributed by atoms with Gasteiger partial charge < -0.3 is 10.0 Å². The largest absolute Gasteiger partial charge is 0.391 e. The number of aliphatic imine (C=N–C) groups is 1. The molecule has 3 heteroatoms. The van der Waals surface area contributed by atoms with E-state index in [0.717, 1.165) is 12.3 Å². The van der Waals surface area contributed by atoms with Gasteiger partial charge in [0, 0.05) is 17.5 Å². The molecule has 1 saturated heterocycles. The minimum absolute atomic E-state index is 0.0117. The number of fused-ring (bicyclic) bond motifs is 1. The first kappa shape index (κ1) is 17.5. The summed E-state index contributed by atoms with van der Waals surface area (Å²) in [5, 5.41) is 10.3. The second-order valence-electron chi connectivity index (χ2n) is 10.1. The molecular formula is C19H34N2O. The van der Waals surface area contributed by atoms with E-state index in [1.54, 1.807) is 0 Å². The van der Waals surface area contributed by atoms with E-state index in [2.05, 4.69) is 67.2 Å². The van der Waals surface area contributed by atoms with Gasteiger partial charge in [0.1, 0.15) is 5.84 Å². The third-order valence-corrected chi connectivity index (χ3v) is 4.54. The molecule has 0 aromatic heterocycles. The minimum atomic E-state index is -0.279. The quantitative estimate of drug-likeness (QED) is 0.727. The molecule has 2 aliphatic rings. The van der Waals surface area contributed by atoms with E-state index in [1.165, 1.54) is 11.3 Å². The molecule has 0 radical (unpaired) electrons. The van der Waals surface area contributed by atoms with Crippen LogP contribution in [-0.4, -0.2) is 34.5 Å². The van der Waals surface area contributed by atoms with Gasteiger partial charge in [0.15, 0.2) is 0 Å². The van der Waals surface area contributed by atoms with Crippen LogP contribution in [0.5, 0.6) is 0 Å². The van der Waals surface area contributed by atoms with E-state index in [1.807, 2.05) is 0 Å². The molecule has 0 saturated carbocycles. The van der Waals surface area contributed by atoms with Gasteiger partial charge in [-0.25, -0.2) is 0 Å². The van der Waals surface area contributed by atoms with E-state index in [-0.39, 0.29) is 28.4 Å². The lowest BCUT2D eigenvalue weighted by molar-refractivity contribution is 0.187. The predicted octanol–water partition coefficient (Wildman–Crippen LogP) is 4.23. The van der Waals surface area contributed by atoms with Gasteiger partial charge in [-0.3, -0.25) is 4.99 Å². The normalized spacial score (nSPS) is 27.2. The second-order valence-corrected chi connectivity index (χ2v) is 10.1. The topological polar surface area (TPSA) is 35.8 Å². The second kappa shape index (κ2) is 5.09. The molecule has 2 heterocycles. The zero-order chi connectivity index (χ0) is 17.1. The Morgan fingerprint density at radius 2 is 1.50 bits per heavy atom. The maximum atomic E-state index is 10.3. The van der Waals surface area contributed by atoms with Gasteiger partial charge in [-0.2, -0.15) is 0 Å². The first-order valence-corrected chi connectivity index (χ1v) is 8.50. The van der Waals surface area contributed by atoms with Crippen molar-refractivity contribution in [3.05, 3.63) is 11.3 Å². The fraction of sp³-hybridized carbons (Fsp3) is 0.842. The highest BCUT2D eigenvalue weighted by atomic mass is 16.3. The van der Waals surface area contributed by atoms with Crippen molar-refractivity contribution in [3.63, 3.8) is 0 Å². The van der Waals surface area contributed by atoms with Crippen LogP contribution in [0.2, 0.25) is 0 Å². The van der Waals surface area contributed by atoms with Gasteiger partial charge >= 0.3 is 0 Å². The summed E-state index contributed by atoms with van der Waals surface area (Å²) in [4.78, 5) is 7.52. The summed E-state index contributed by atoms with van der Waals surface area (Å²) in [6.45, 7) is 21.0. The third-order valence-electron chi connectivity index (χ3n) is 4.54. The van der Waals surface area contributed by atoms with Crippen molar-refractivity contribution in [2.24, 2.45) is 21.2 Å². The highest BCUT2D eigenvalue weighted by Gasteiger charge is 2.46. The maximum Gasteiger partial charge on any atom is 0.109 e. The van der Waals surface area contributed by atoms with Crippen molar-refractivity contribution in [3.8, 4) is 0 Å². The van der Waals surface area contributed by atoms with E-state index >= 15 is 0 Å². The predicted molar refractivity (Wildman–Crippen MR) is 93.9 cm³/mol. The van der Waals surface area contributed by atoms with E-state index in [4.69, 9.17) is 4.99 Å². The van der Waals surface area contributed by atoms with Gasteiger partial charge in [0.25, 0.3) is 0 Å². The summed E-state index contributed by atoms with van der Waals surface area (Å²) >= 11 is 0. The molecule has 0 spiro atoms. The van der Waals surface area contributed by atoms with Crippen LogP contribution in [0.25, 0.3) is 0 Å². The van der Waals surface area contributed by atoms with Crippen molar-refractivity contribution < 1.29 is 5.11 Å². The van der Waals surface area contributed by atoms with Crippen LogP contribution in [0, 0.1) is 16.2 Å². The first-order valence-electron chi connectivity index (χ1n) is 8.50. The number of aliphatic hydroxyl groups is 1. The highest BCUT2D eigenvalue weighted by molar-refractivity contribution is 5.90.